The number of thiophene rings is 1. The Hall–Kier alpha value is -2.92. The molecule has 2 N–H and O–H groups in total. The van der Waals surface area contributed by atoms with Crippen molar-refractivity contribution >= 4 is 50.7 Å². The maximum Gasteiger partial charge on any atom is 0.416 e. The van der Waals surface area contributed by atoms with Gasteiger partial charge in [0.15, 0.2) is 0 Å². The molecule has 1 amide bonds. The predicted molar refractivity (Wildman–Crippen MR) is 105 cm³/mol. The SMILES string of the molecule is Cc1nc2scc(C(=O)O)c2c(=O)n1C(C)C(=O)Nc1cc(C(F)(F)F)ccc1Cl. The number of alkyl halides is 3. The predicted octanol–water partition coefficient (Wildman–Crippen LogP) is 4.34. The highest BCUT2D eigenvalue weighted by Gasteiger charge is 2.31. The number of hydrogen-bond acceptors (Lipinski definition) is 5. The molecule has 2 heterocycles. The minimum atomic E-state index is -4.63. The van der Waals surface area contributed by atoms with Gasteiger partial charge in [-0.15, -0.1) is 11.3 Å². The summed E-state index contributed by atoms with van der Waals surface area (Å²) in [7, 11) is 0. The zero-order chi connectivity index (χ0) is 22.4. The van der Waals surface area contributed by atoms with E-state index >= 15 is 0 Å². The van der Waals surface area contributed by atoms with E-state index in [-0.39, 0.29) is 32.3 Å². The number of hydrogen-bond donors (Lipinski definition) is 2. The van der Waals surface area contributed by atoms with Crippen molar-refractivity contribution in [3.8, 4) is 0 Å². The van der Waals surface area contributed by atoms with E-state index in [1.54, 1.807) is 0 Å². The summed E-state index contributed by atoms with van der Waals surface area (Å²) in [6.45, 7) is 2.80. The van der Waals surface area contributed by atoms with Gasteiger partial charge < -0.3 is 10.4 Å². The van der Waals surface area contributed by atoms with Crippen LogP contribution in [0.4, 0.5) is 18.9 Å². The maximum atomic E-state index is 12.9. The summed E-state index contributed by atoms with van der Waals surface area (Å²) in [5, 5.41) is 12.6. The van der Waals surface area contributed by atoms with Crippen molar-refractivity contribution in [2.75, 3.05) is 5.32 Å². The summed E-state index contributed by atoms with van der Waals surface area (Å²) in [6.07, 6.45) is -4.63. The Morgan fingerprint density at radius 1 is 1.33 bits per heavy atom. The molecule has 0 bridgehead atoms. The molecule has 12 heteroatoms. The molecule has 0 spiro atoms. The molecule has 7 nitrogen and oxygen atoms in total. The summed E-state index contributed by atoms with van der Waals surface area (Å²) >= 11 is 6.87. The average Bonchev–Trinajstić information content (AvgIpc) is 3.06. The van der Waals surface area contributed by atoms with E-state index in [9.17, 15) is 32.7 Å². The van der Waals surface area contributed by atoms with Gasteiger partial charge in [-0.05, 0) is 32.0 Å². The number of carbonyl (C=O) groups excluding carboxylic acids is 1. The van der Waals surface area contributed by atoms with Gasteiger partial charge in [0.25, 0.3) is 5.56 Å². The quantitative estimate of drug-likeness (QED) is 0.604. The molecule has 0 aliphatic carbocycles. The Labute approximate surface area is 175 Å². The summed E-state index contributed by atoms with van der Waals surface area (Å²) in [6, 6.07) is 1.25. The van der Waals surface area contributed by atoms with E-state index < -0.39 is 35.2 Å². The molecule has 158 valence electrons. The number of aromatic carboxylic acids is 1. The number of halogens is 4. The van der Waals surface area contributed by atoms with Crippen LogP contribution in [0.1, 0.15) is 34.7 Å². The zero-order valence-electron chi connectivity index (χ0n) is 15.4. The van der Waals surface area contributed by atoms with Gasteiger partial charge in [-0.3, -0.25) is 14.2 Å². The zero-order valence-corrected chi connectivity index (χ0v) is 16.9. The second-order valence-corrected chi connectivity index (χ2v) is 7.59. The van der Waals surface area contributed by atoms with Crippen LogP contribution in [0.25, 0.3) is 10.2 Å². The van der Waals surface area contributed by atoms with Crippen molar-refractivity contribution in [3.05, 3.63) is 55.9 Å². The van der Waals surface area contributed by atoms with Crippen LogP contribution in [0.3, 0.4) is 0 Å². The Balaban J connectivity index is 2.01. The van der Waals surface area contributed by atoms with Gasteiger partial charge in [-0.25, -0.2) is 9.78 Å². The fourth-order valence-corrected chi connectivity index (χ4v) is 3.98. The van der Waals surface area contributed by atoms with Crippen LogP contribution in [0.5, 0.6) is 0 Å². The third-order valence-electron chi connectivity index (χ3n) is 4.36. The van der Waals surface area contributed by atoms with Crippen molar-refractivity contribution in [3.63, 3.8) is 0 Å². The van der Waals surface area contributed by atoms with Gasteiger partial charge in [0.2, 0.25) is 5.91 Å². The number of nitrogens with zero attached hydrogens (tertiary/aromatic N) is 2. The van der Waals surface area contributed by atoms with Crippen LogP contribution in [0.2, 0.25) is 5.02 Å². The summed E-state index contributed by atoms with van der Waals surface area (Å²) in [5.74, 6) is -2.00. The fraction of sp³-hybridized carbons (Fsp3) is 0.222. The van der Waals surface area contributed by atoms with Crippen molar-refractivity contribution in [1.29, 1.82) is 0 Å². The number of benzene rings is 1. The first-order valence-corrected chi connectivity index (χ1v) is 9.58. The van der Waals surface area contributed by atoms with Gasteiger partial charge in [0.1, 0.15) is 16.7 Å². The van der Waals surface area contributed by atoms with Gasteiger partial charge in [-0.1, -0.05) is 11.6 Å². The van der Waals surface area contributed by atoms with Crippen molar-refractivity contribution in [2.24, 2.45) is 0 Å². The Morgan fingerprint density at radius 2 is 2.00 bits per heavy atom. The number of carboxylic acids is 1. The highest BCUT2D eigenvalue weighted by Crippen LogP contribution is 2.34. The van der Waals surface area contributed by atoms with Crippen LogP contribution in [-0.2, 0) is 11.0 Å². The Morgan fingerprint density at radius 3 is 2.60 bits per heavy atom. The van der Waals surface area contributed by atoms with E-state index in [2.05, 4.69) is 10.3 Å². The van der Waals surface area contributed by atoms with Gasteiger partial charge in [0.05, 0.1) is 27.2 Å². The standard InChI is InChI=1S/C18H13ClF3N3O4S/c1-7(14(26)24-12-5-9(18(20,21)22)3-4-11(12)19)25-8(2)23-15-13(16(25)27)10(6-30-15)17(28)29/h3-7H,1-2H3,(H,24,26)(H,28,29). The van der Waals surface area contributed by atoms with Crippen molar-refractivity contribution < 1.29 is 27.9 Å². The molecule has 0 fully saturated rings. The lowest BCUT2D eigenvalue weighted by atomic mass is 10.2. The molecule has 0 aliphatic rings. The molecule has 2 aromatic heterocycles. The number of fused-ring (bicyclic) bond motifs is 1. The van der Waals surface area contributed by atoms with Gasteiger partial charge in [0, 0.05) is 5.38 Å². The van der Waals surface area contributed by atoms with Crippen LogP contribution in [-0.4, -0.2) is 26.5 Å². The second kappa shape index (κ2) is 7.73. The lowest BCUT2D eigenvalue weighted by Crippen LogP contribution is -2.34. The normalized spacial score (nSPS) is 12.7. The first kappa shape index (κ1) is 21.8. The molecule has 1 unspecified atom stereocenters. The van der Waals surface area contributed by atoms with Crippen LogP contribution in [0, 0.1) is 6.92 Å². The third kappa shape index (κ3) is 3.90. The largest absolute Gasteiger partial charge is 0.478 e. The van der Waals surface area contributed by atoms with Crippen molar-refractivity contribution in [2.45, 2.75) is 26.1 Å². The molecule has 3 rings (SSSR count). The number of anilines is 1. The van der Waals surface area contributed by atoms with E-state index in [0.717, 1.165) is 28.0 Å². The minimum Gasteiger partial charge on any atom is -0.478 e. The molecule has 30 heavy (non-hydrogen) atoms. The van der Waals surface area contributed by atoms with Crippen molar-refractivity contribution in [1.82, 2.24) is 9.55 Å². The van der Waals surface area contributed by atoms with E-state index in [0.29, 0.717) is 6.07 Å². The molecule has 1 aromatic carbocycles. The molecular formula is C18H13ClF3N3O4S. The minimum absolute atomic E-state index is 0.118. The number of nitrogens with one attached hydrogen (secondary N) is 1. The first-order valence-electron chi connectivity index (χ1n) is 8.33. The number of aryl methyl sites for hydroxylation is 1. The summed E-state index contributed by atoms with van der Waals surface area (Å²) < 4.78 is 39.8. The molecule has 3 aromatic rings. The lowest BCUT2D eigenvalue weighted by Gasteiger charge is -2.18. The highest BCUT2D eigenvalue weighted by molar-refractivity contribution is 7.17. The van der Waals surface area contributed by atoms with Gasteiger partial charge >= 0.3 is 12.1 Å². The molecule has 0 saturated heterocycles. The topological polar surface area (TPSA) is 101 Å². The van der Waals surface area contributed by atoms with Crippen LogP contribution < -0.4 is 10.9 Å². The Bertz CT molecular complexity index is 1240. The van der Waals surface area contributed by atoms with E-state index in [1.165, 1.54) is 19.2 Å². The Kier molecular flexibility index (Phi) is 5.61. The second-order valence-electron chi connectivity index (χ2n) is 6.33. The highest BCUT2D eigenvalue weighted by atomic mass is 35.5. The average molecular weight is 460 g/mol. The summed E-state index contributed by atoms with van der Waals surface area (Å²) in [4.78, 5) is 41.3. The number of amides is 1. The van der Waals surface area contributed by atoms with Gasteiger partial charge in [-0.2, -0.15) is 13.2 Å². The van der Waals surface area contributed by atoms with Crippen LogP contribution >= 0.6 is 22.9 Å². The van der Waals surface area contributed by atoms with Crippen LogP contribution in [0.15, 0.2) is 28.4 Å². The smallest absolute Gasteiger partial charge is 0.416 e. The fourth-order valence-electron chi connectivity index (χ4n) is 2.87. The van der Waals surface area contributed by atoms with E-state index in [4.69, 9.17) is 11.6 Å². The lowest BCUT2D eigenvalue weighted by molar-refractivity contribution is -0.137. The number of carbonyl (C=O) groups is 2. The number of aromatic nitrogens is 2. The maximum absolute atomic E-state index is 12.9. The molecule has 0 saturated carbocycles. The molecule has 0 radical (unpaired) electrons. The molecule has 0 aliphatic heterocycles. The van der Waals surface area contributed by atoms with E-state index in [1.807, 2.05) is 0 Å². The molecular weight excluding hydrogens is 447 g/mol. The number of carboxylic acid groups (broad SMARTS) is 1. The summed E-state index contributed by atoms with van der Waals surface area (Å²) in [5.41, 5.74) is -2.26. The molecule has 1 atom stereocenters. The third-order valence-corrected chi connectivity index (χ3v) is 5.57. The number of rotatable bonds is 4. The monoisotopic (exact) mass is 459 g/mol. The first-order chi connectivity index (χ1) is 13.9.